The van der Waals surface area contributed by atoms with Crippen LogP contribution >= 0.6 is 7.82 Å². The van der Waals surface area contributed by atoms with E-state index in [1.807, 2.05) is 21.1 Å². The second-order valence-electron chi connectivity index (χ2n) is 25.6. The Balaban J connectivity index is 4.01. The Kier molecular flexibility index (Phi) is 63.9. The Morgan fingerprint density at radius 2 is 0.671 bits per heavy atom. The van der Waals surface area contributed by atoms with Gasteiger partial charge in [-0.25, -0.2) is 0 Å². The average molecular weight is 1210 g/mol. The lowest BCUT2D eigenvalue weighted by atomic mass is 10.0. The molecule has 0 aromatic carbocycles. The first kappa shape index (κ1) is 82.5. The van der Waals surface area contributed by atoms with Crippen LogP contribution in [0.5, 0.6) is 0 Å². The Morgan fingerprint density at radius 1 is 0.376 bits per heavy atom. The zero-order valence-corrected chi connectivity index (χ0v) is 57.5. The van der Waals surface area contributed by atoms with Gasteiger partial charge in [-0.05, 0) is 64.2 Å². The van der Waals surface area contributed by atoms with Crippen LogP contribution in [-0.4, -0.2) is 70.0 Å². The number of unbranched alkanes of at least 4 members (excludes halogenated alkanes) is 41. The molecule has 2 unspecified atom stereocenters. The molecule has 0 fully saturated rings. The first-order valence-corrected chi connectivity index (χ1v) is 37.6. The molecule has 0 aliphatic heterocycles. The van der Waals surface area contributed by atoms with E-state index >= 15 is 0 Å². The van der Waals surface area contributed by atoms with Gasteiger partial charge in [0.15, 0.2) is 6.10 Å². The van der Waals surface area contributed by atoms with Gasteiger partial charge in [0.05, 0.1) is 27.7 Å². The molecule has 496 valence electrons. The summed E-state index contributed by atoms with van der Waals surface area (Å²) in [6.07, 6.45) is 88.5. The van der Waals surface area contributed by atoms with Crippen molar-refractivity contribution in [1.82, 2.24) is 0 Å². The molecule has 0 aliphatic carbocycles. The second kappa shape index (κ2) is 65.9. The predicted molar refractivity (Wildman–Crippen MR) is 365 cm³/mol. The van der Waals surface area contributed by atoms with Crippen molar-refractivity contribution in [3.05, 3.63) is 72.9 Å². The number of phosphoric ester groups is 1. The van der Waals surface area contributed by atoms with Crippen molar-refractivity contribution >= 4 is 19.8 Å². The van der Waals surface area contributed by atoms with Crippen molar-refractivity contribution in [2.45, 2.75) is 347 Å². The summed E-state index contributed by atoms with van der Waals surface area (Å²) < 4.78 is 34.3. The second-order valence-corrected chi connectivity index (χ2v) is 27.0. The fourth-order valence-corrected chi connectivity index (χ4v) is 11.2. The van der Waals surface area contributed by atoms with Crippen molar-refractivity contribution in [2.24, 2.45) is 0 Å². The quantitative estimate of drug-likeness (QED) is 0.0195. The van der Waals surface area contributed by atoms with Gasteiger partial charge < -0.3 is 27.9 Å². The molecular formula is C75H138NO8P. The molecule has 2 atom stereocenters. The Bertz CT molecular complexity index is 1660. The number of likely N-dealkylation sites (N-methyl/N-ethyl adjacent to an activating group) is 1. The maximum atomic E-state index is 12.9. The predicted octanol–water partition coefficient (Wildman–Crippen LogP) is 22.9. The lowest BCUT2D eigenvalue weighted by Crippen LogP contribution is -2.37. The minimum absolute atomic E-state index is 0.0326. The number of quaternary nitrogens is 1. The van der Waals surface area contributed by atoms with Gasteiger partial charge in [0, 0.05) is 12.8 Å². The van der Waals surface area contributed by atoms with Crippen LogP contribution in [0.2, 0.25) is 0 Å². The van der Waals surface area contributed by atoms with Crippen LogP contribution in [0.3, 0.4) is 0 Å². The number of hydrogen-bond donors (Lipinski definition) is 0. The van der Waals surface area contributed by atoms with Gasteiger partial charge in [-0.3, -0.25) is 14.2 Å². The van der Waals surface area contributed by atoms with Crippen molar-refractivity contribution in [2.75, 3.05) is 47.5 Å². The summed E-state index contributed by atoms with van der Waals surface area (Å²) in [6, 6.07) is 0. The van der Waals surface area contributed by atoms with Crippen LogP contribution < -0.4 is 4.89 Å². The molecule has 10 heteroatoms. The summed E-state index contributed by atoms with van der Waals surface area (Å²) >= 11 is 0. The zero-order chi connectivity index (χ0) is 61.9. The first-order chi connectivity index (χ1) is 41.5. The molecule has 0 amide bonds. The van der Waals surface area contributed by atoms with Crippen LogP contribution in [0.1, 0.15) is 341 Å². The van der Waals surface area contributed by atoms with Crippen LogP contribution in [0.25, 0.3) is 0 Å². The normalized spacial score (nSPS) is 13.5. The van der Waals surface area contributed by atoms with E-state index in [1.54, 1.807) is 0 Å². The highest BCUT2D eigenvalue weighted by molar-refractivity contribution is 7.45. The topological polar surface area (TPSA) is 111 Å². The van der Waals surface area contributed by atoms with E-state index in [1.165, 1.54) is 225 Å². The molecule has 85 heavy (non-hydrogen) atoms. The van der Waals surface area contributed by atoms with Gasteiger partial charge in [0.1, 0.15) is 19.8 Å². The maximum Gasteiger partial charge on any atom is 0.306 e. The summed E-state index contributed by atoms with van der Waals surface area (Å²) in [4.78, 5) is 38.1. The maximum absolute atomic E-state index is 12.9. The van der Waals surface area contributed by atoms with Gasteiger partial charge in [-0.15, -0.1) is 0 Å². The van der Waals surface area contributed by atoms with Crippen molar-refractivity contribution < 1.29 is 42.1 Å². The molecular weight excluding hydrogens is 1070 g/mol. The van der Waals surface area contributed by atoms with E-state index in [2.05, 4.69) is 86.8 Å². The standard InChI is InChI=1S/C75H138NO8P/c1-6-8-10-12-14-16-18-20-22-24-26-28-30-32-34-36-37-38-40-41-43-45-47-49-51-53-55-57-59-61-63-65-67-74(77)81-71-73(72-83-85(79,80)82-70-69-76(3,4)5)84-75(78)68-66-64-62-60-58-56-54-52-50-48-46-44-42-39-35-33-31-29-27-25-23-21-19-17-15-13-11-9-7-2/h9,11,15,17,21,23,27,29,33,35,42,44,73H,6-8,10,12-14,16,18-20,22,24-26,28,30-32,34,36-41,43,45-72H2,1-5H3/b11-9-,17-15-,23-21-,29-27-,35-33-,44-42-. The molecule has 0 aromatic rings. The Labute approximate surface area is 527 Å². The number of ether oxygens (including phenoxy) is 2. The number of carbonyl (C=O) groups is 2. The lowest BCUT2D eigenvalue weighted by Gasteiger charge is -2.28. The Hall–Kier alpha value is -2.55. The third-order valence-corrected chi connectivity index (χ3v) is 17.0. The minimum Gasteiger partial charge on any atom is -0.756 e. The average Bonchev–Trinajstić information content (AvgIpc) is 3.50. The monoisotopic (exact) mass is 1210 g/mol. The fourth-order valence-electron chi connectivity index (χ4n) is 10.5. The lowest BCUT2D eigenvalue weighted by molar-refractivity contribution is -0.870. The van der Waals surface area contributed by atoms with Crippen LogP contribution in [0, 0.1) is 0 Å². The van der Waals surface area contributed by atoms with E-state index in [0.29, 0.717) is 17.4 Å². The van der Waals surface area contributed by atoms with Gasteiger partial charge >= 0.3 is 11.9 Å². The molecule has 0 spiro atoms. The number of carbonyl (C=O) groups excluding carboxylic acids is 2. The molecule has 0 saturated carbocycles. The van der Waals surface area contributed by atoms with Gasteiger partial charge in [-0.1, -0.05) is 337 Å². The molecule has 9 nitrogen and oxygen atoms in total. The van der Waals surface area contributed by atoms with E-state index in [9.17, 15) is 19.0 Å². The number of hydrogen-bond acceptors (Lipinski definition) is 8. The van der Waals surface area contributed by atoms with E-state index < -0.39 is 26.5 Å². The molecule has 0 bridgehead atoms. The summed E-state index contributed by atoms with van der Waals surface area (Å²) in [5, 5.41) is 0. The fraction of sp³-hybridized carbons (Fsp3) is 0.813. The number of rotatable bonds is 67. The highest BCUT2D eigenvalue weighted by Crippen LogP contribution is 2.38. The minimum atomic E-state index is -4.65. The molecule has 0 aliphatic rings. The molecule has 0 aromatic heterocycles. The van der Waals surface area contributed by atoms with Gasteiger partial charge in [-0.2, -0.15) is 0 Å². The molecule has 0 rings (SSSR count). The van der Waals surface area contributed by atoms with Crippen molar-refractivity contribution in [1.29, 1.82) is 0 Å². The van der Waals surface area contributed by atoms with E-state index in [0.717, 1.165) is 83.5 Å². The third-order valence-electron chi connectivity index (χ3n) is 16.0. The Morgan fingerprint density at radius 3 is 1.00 bits per heavy atom. The first-order valence-electron chi connectivity index (χ1n) is 36.1. The summed E-state index contributed by atoms with van der Waals surface area (Å²) in [5.74, 6) is -0.825. The highest BCUT2D eigenvalue weighted by atomic mass is 31.2. The molecule has 0 N–H and O–H groups in total. The number of phosphoric acid groups is 1. The summed E-state index contributed by atoms with van der Waals surface area (Å²) in [5.41, 5.74) is 0. The van der Waals surface area contributed by atoms with Gasteiger partial charge in [0.2, 0.25) is 0 Å². The van der Waals surface area contributed by atoms with Crippen LogP contribution in [0.4, 0.5) is 0 Å². The number of allylic oxidation sites excluding steroid dienone is 12. The van der Waals surface area contributed by atoms with Crippen LogP contribution in [-0.2, 0) is 32.7 Å². The smallest absolute Gasteiger partial charge is 0.306 e. The van der Waals surface area contributed by atoms with E-state index in [-0.39, 0.29) is 32.0 Å². The van der Waals surface area contributed by atoms with Crippen molar-refractivity contribution in [3.8, 4) is 0 Å². The summed E-state index contributed by atoms with van der Waals surface area (Å²) in [6.45, 7) is 4.17. The third kappa shape index (κ3) is 70.4. The largest absolute Gasteiger partial charge is 0.756 e. The van der Waals surface area contributed by atoms with Gasteiger partial charge in [0.25, 0.3) is 7.82 Å². The molecule has 0 radical (unpaired) electrons. The van der Waals surface area contributed by atoms with Crippen molar-refractivity contribution in [3.63, 3.8) is 0 Å². The van der Waals surface area contributed by atoms with Crippen LogP contribution in [0.15, 0.2) is 72.9 Å². The SMILES string of the molecule is CC/C=C\C/C=C\C/C=C\C/C=C\C/C=C\C/C=C\CCCCCCCCCCCCC(=O)OC(COC(=O)CCCCCCCCCCCCCCCCCCCCCCCCCCCCCCCCCC)COP(=O)([O-])OCC[N+](C)(C)C. The van der Waals surface area contributed by atoms with E-state index in [4.69, 9.17) is 18.5 Å². The zero-order valence-electron chi connectivity index (χ0n) is 56.6. The number of esters is 2. The summed E-state index contributed by atoms with van der Waals surface area (Å²) in [7, 11) is 1.17. The molecule has 0 saturated heterocycles. The number of nitrogens with zero attached hydrogens (tertiary/aromatic N) is 1. The molecule has 0 heterocycles. The highest BCUT2D eigenvalue weighted by Gasteiger charge is 2.22.